The molecule has 0 aliphatic heterocycles. The second kappa shape index (κ2) is 7.17. The van der Waals surface area contributed by atoms with E-state index in [9.17, 15) is 4.79 Å². The van der Waals surface area contributed by atoms with Gasteiger partial charge in [0.2, 0.25) is 0 Å². The van der Waals surface area contributed by atoms with Crippen LogP contribution < -0.4 is 10.1 Å². The summed E-state index contributed by atoms with van der Waals surface area (Å²) < 4.78 is 7.48. The summed E-state index contributed by atoms with van der Waals surface area (Å²) in [5, 5.41) is 3.50. The molecule has 2 heterocycles. The molecule has 0 saturated heterocycles. The highest BCUT2D eigenvalue weighted by Crippen LogP contribution is 2.30. The van der Waals surface area contributed by atoms with E-state index in [4.69, 9.17) is 4.74 Å². The summed E-state index contributed by atoms with van der Waals surface area (Å²) in [6, 6.07) is 12.2. The molecule has 0 saturated carbocycles. The number of hydrogen-bond acceptors (Lipinski definition) is 3. The minimum absolute atomic E-state index is 0.265. The van der Waals surface area contributed by atoms with Crippen molar-refractivity contribution in [3.8, 4) is 5.75 Å². The molecule has 1 N–H and O–H groups in total. The van der Waals surface area contributed by atoms with Crippen LogP contribution in [0.4, 0.5) is 4.79 Å². The Kier molecular flexibility index (Phi) is 4.79. The van der Waals surface area contributed by atoms with Gasteiger partial charge >= 0.3 is 6.09 Å². The van der Waals surface area contributed by atoms with Crippen LogP contribution in [0.3, 0.4) is 0 Å². The molecule has 3 aromatic rings. The van der Waals surface area contributed by atoms with Crippen molar-refractivity contribution in [2.45, 2.75) is 25.8 Å². The summed E-state index contributed by atoms with van der Waals surface area (Å²) in [6.07, 6.45) is 7.43. The van der Waals surface area contributed by atoms with E-state index in [1.165, 1.54) is 5.56 Å². The van der Waals surface area contributed by atoms with Crippen LogP contribution in [0.2, 0.25) is 0 Å². The van der Waals surface area contributed by atoms with E-state index >= 15 is 0 Å². The molecule has 2 aromatic heterocycles. The second-order valence-corrected chi connectivity index (χ2v) is 5.67. The van der Waals surface area contributed by atoms with E-state index in [0.29, 0.717) is 5.75 Å². The first-order valence-corrected chi connectivity index (χ1v) is 8.13. The number of ether oxygens (including phenoxy) is 1. The fourth-order valence-electron chi connectivity index (χ4n) is 2.96. The monoisotopic (exact) mass is 323 g/mol. The number of hydrogen-bond donors (Lipinski definition) is 1. The first-order chi connectivity index (χ1) is 11.7. The molecule has 0 fully saturated rings. The average molecular weight is 323 g/mol. The third kappa shape index (κ3) is 3.25. The molecular weight excluding hydrogens is 302 g/mol. The first kappa shape index (κ1) is 16.1. The Hall–Kier alpha value is -2.82. The molecule has 1 unspecified atom stereocenters. The van der Waals surface area contributed by atoms with E-state index in [0.717, 1.165) is 23.7 Å². The normalized spacial score (nSPS) is 12.1. The topological polar surface area (TPSA) is 56.2 Å². The molecule has 0 aliphatic rings. The summed E-state index contributed by atoms with van der Waals surface area (Å²) in [5.41, 5.74) is 2.37. The highest BCUT2D eigenvalue weighted by molar-refractivity contribution is 5.83. The third-order valence-electron chi connectivity index (χ3n) is 4.10. The van der Waals surface area contributed by atoms with Gasteiger partial charge in [0.05, 0.1) is 6.04 Å². The number of aromatic nitrogens is 2. The van der Waals surface area contributed by atoms with Gasteiger partial charge in [0, 0.05) is 36.5 Å². The zero-order valence-electron chi connectivity index (χ0n) is 13.9. The van der Waals surface area contributed by atoms with Gasteiger partial charge in [0.15, 0.2) is 0 Å². The Labute approximate surface area is 141 Å². The molecule has 5 nitrogen and oxygen atoms in total. The Balaban J connectivity index is 1.98. The summed E-state index contributed by atoms with van der Waals surface area (Å²) in [5.74, 6) is 0.538. The molecule has 1 atom stereocenters. The van der Waals surface area contributed by atoms with Gasteiger partial charge < -0.3 is 14.6 Å². The van der Waals surface area contributed by atoms with Crippen LogP contribution in [0.25, 0.3) is 10.9 Å². The molecular formula is C19H21N3O2. The largest absolute Gasteiger partial charge is 0.412 e. The summed E-state index contributed by atoms with van der Waals surface area (Å²) in [7, 11) is 1.54. The van der Waals surface area contributed by atoms with E-state index < -0.39 is 6.09 Å². The predicted octanol–water partition coefficient (Wildman–Crippen LogP) is 4.14. The zero-order valence-corrected chi connectivity index (χ0v) is 13.9. The number of nitrogens with zero attached hydrogens (tertiary/aromatic N) is 2. The molecule has 1 aromatic carbocycles. The van der Waals surface area contributed by atoms with Crippen molar-refractivity contribution in [2.24, 2.45) is 0 Å². The smallest absolute Gasteiger partial charge is 0.410 e. The Morgan fingerprint density at radius 3 is 2.75 bits per heavy atom. The second-order valence-electron chi connectivity index (χ2n) is 5.67. The number of carbonyl (C=O) groups excluding carboxylic acids is 1. The van der Waals surface area contributed by atoms with E-state index in [2.05, 4.69) is 46.2 Å². The Morgan fingerprint density at radius 1 is 1.25 bits per heavy atom. The van der Waals surface area contributed by atoms with Crippen LogP contribution in [0.15, 0.2) is 55.0 Å². The lowest BCUT2D eigenvalue weighted by atomic mass is 10.0. The van der Waals surface area contributed by atoms with Gasteiger partial charge in [-0.15, -0.1) is 0 Å². The van der Waals surface area contributed by atoms with Crippen LogP contribution in [-0.4, -0.2) is 22.7 Å². The minimum Gasteiger partial charge on any atom is -0.410 e. The van der Waals surface area contributed by atoms with Crippen molar-refractivity contribution in [3.05, 3.63) is 60.6 Å². The van der Waals surface area contributed by atoms with E-state index in [1.54, 1.807) is 7.05 Å². The number of amides is 1. The van der Waals surface area contributed by atoms with Crippen LogP contribution in [0.5, 0.6) is 5.75 Å². The van der Waals surface area contributed by atoms with Gasteiger partial charge in [0.25, 0.3) is 0 Å². The summed E-state index contributed by atoms with van der Waals surface area (Å²) in [4.78, 5) is 15.5. The highest BCUT2D eigenvalue weighted by Gasteiger charge is 2.15. The van der Waals surface area contributed by atoms with Gasteiger partial charge in [-0.1, -0.05) is 13.3 Å². The number of nitrogens with one attached hydrogen (secondary N) is 1. The maximum atomic E-state index is 11.4. The molecule has 0 spiro atoms. The molecule has 3 rings (SSSR count). The maximum absolute atomic E-state index is 11.4. The Bertz CT molecular complexity index is 827. The van der Waals surface area contributed by atoms with Gasteiger partial charge in [0.1, 0.15) is 5.75 Å². The maximum Gasteiger partial charge on any atom is 0.412 e. The zero-order chi connectivity index (χ0) is 16.9. The minimum atomic E-state index is -0.463. The summed E-state index contributed by atoms with van der Waals surface area (Å²) >= 11 is 0. The van der Waals surface area contributed by atoms with Crippen molar-refractivity contribution in [3.63, 3.8) is 0 Å². The van der Waals surface area contributed by atoms with Crippen LogP contribution in [0, 0.1) is 0 Å². The van der Waals surface area contributed by atoms with Crippen molar-refractivity contribution in [1.29, 1.82) is 0 Å². The number of pyridine rings is 1. The molecule has 0 radical (unpaired) electrons. The van der Waals surface area contributed by atoms with Gasteiger partial charge in [-0.3, -0.25) is 4.98 Å². The van der Waals surface area contributed by atoms with Crippen molar-refractivity contribution in [2.75, 3.05) is 7.05 Å². The predicted molar refractivity (Wildman–Crippen MR) is 94.3 cm³/mol. The third-order valence-corrected chi connectivity index (χ3v) is 4.10. The molecule has 124 valence electrons. The van der Waals surface area contributed by atoms with Gasteiger partial charge in [-0.25, -0.2) is 4.79 Å². The fraction of sp³-hybridized carbons (Fsp3) is 0.263. The van der Waals surface area contributed by atoms with Gasteiger partial charge in [-0.05, 0) is 48.4 Å². The number of benzene rings is 1. The van der Waals surface area contributed by atoms with E-state index in [-0.39, 0.29) is 6.04 Å². The van der Waals surface area contributed by atoms with Crippen LogP contribution >= 0.6 is 0 Å². The molecule has 0 bridgehead atoms. The van der Waals surface area contributed by atoms with E-state index in [1.807, 2.05) is 30.6 Å². The average Bonchev–Trinajstić information content (AvgIpc) is 3.03. The first-order valence-electron chi connectivity index (χ1n) is 8.13. The van der Waals surface area contributed by atoms with Crippen molar-refractivity contribution < 1.29 is 9.53 Å². The lowest BCUT2D eigenvalue weighted by Crippen LogP contribution is -2.21. The molecule has 1 amide bonds. The lowest BCUT2D eigenvalue weighted by molar-refractivity contribution is 0.203. The van der Waals surface area contributed by atoms with Crippen LogP contribution in [-0.2, 0) is 0 Å². The van der Waals surface area contributed by atoms with Crippen molar-refractivity contribution in [1.82, 2.24) is 14.9 Å². The number of rotatable bonds is 5. The molecule has 5 heteroatoms. The quantitative estimate of drug-likeness (QED) is 0.767. The number of fused-ring (bicyclic) bond motifs is 1. The van der Waals surface area contributed by atoms with Crippen LogP contribution in [0.1, 0.15) is 31.4 Å². The van der Waals surface area contributed by atoms with Crippen molar-refractivity contribution >= 4 is 17.0 Å². The van der Waals surface area contributed by atoms with Gasteiger partial charge in [-0.2, -0.15) is 0 Å². The number of carbonyl (C=O) groups is 1. The Morgan fingerprint density at radius 2 is 2.04 bits per heavy atom. The lowest BCUT2D eigenvalue weighted by Gasteiger charge is -2.20. The fourth-order valence-corrected chi connectivity index (χ4v) is 2.96. The molecule has 0 aliphatic carbocycles. The highest BCUT2D eigenvalue weighted by atomic mass is 16.5. The standard InChI is InChI=1S/C19H21N3O2/c1-3-4-17(14-7-10-21-11-8-14)22-12-9-15-13-16(5-6-18(15)22)24-19(23)20-2/h5-13,17H,3-4H2,1-2H3,(H,20,23). The summed E-state index contributed by atoms with van der Waals surface area (Å²) in [6.45, 7) is 2.19. The molecule has 24 heavy (non-hydrogen) atoms. The SMILES string of the molecule is CCCC(c1ccncc1)n1ccc2cc(OC(=O)NC)ccc21.